The molecule has 0 aliphatic heterocycles. The smallest absolute Gasteiger partial charge is 0.0385 e. The first-order chi connectivity index (χ1) is 5.31. The van der Waals surface area contributed by atoms with E-state index in [1.165, 1.54) is 0 Å². The molecule has 0 aromatic heterocycles. The fraction of sp³-hybridized carbons (Fsp3) is 1.00. The molecule has 0 aromatic rings. The van der Waals surface area contributed by atoms with Crippen LogP contribution in [0.15, 0.2) is 5.11 Å². The molecule has 0 aromatic carbocycles. The molecule has 0 atom stereocenters. The third-order valence-electron chi connectivity index (χ3n) is 1.39. The number of nitrogens with zero attached hydrogens (tertiary/aromatic N) is 4. The van der Waals surface area contributed by atoms with Gasteiger partial charge in [-0.2, -0.15) is 0 Å². The summed E-state index contributed by atoms with van der Waals surface area (Å²) >= 11 is 0. The van der Waals surface area contributed by atoms with Crippen molar-refractivity contribution >= 4 is 0 Å². The molecule has 0 unspecified atom stereocenters. The van der Waals surface area contributed by atoms with Gasteiger partial charge < -0.3 is 10.2 Å². The Balaban J connectivity index is 3.21. The molecule has 0 aliphatic carbocycles. The van der Waals surface area contributed by atoms with Gasteiger partial charge in [-0.15, -0.1) is 0 Å². The first-order valence-corrected chi connectivity index (χ1v) is 3.65. The molecular formula is C6H15N5. The summed E-state index contributed by atoms with van der Waals surface area (Å²) in [6.45, 7) is 3.33. The van der Waals surface area contributed by atoms with Gasteiger partial charge in [0.2, 0.25) is 0 Å². The van der Waals surface area contributed by atoms with E-state index in [2.05, 4.69) is 20.2 Å². The van der Waals surface area contributed by atoms with Crippen molar-refractivity contribution < 1.29 is 0 Å². The van der Waals surface area contributed by atoms with Crippen LogP contribution in [0.25, 0.3) is 10.4 Å². The van der Waals surface area contributed by atoms with E-state index in [0.29, 0.717) is 6.54 Å². The van der Waals surface area contributed by atoms with Gasteiger partial charge >= 0.3 is 0 Å². The van der Waals surface area contributed by atoms with E-state index in [4.69, 9.17) is 5.53 Å². The fourth-order valence-corrected chi connectivity index (χ4v) is 0.675. The molecule has 5 nitrogen and oxygen atoms in total. The Labute approximate surface area is 67.0 Å². The van der Waals surface area contributed by atoms with Crippen molar-refractivity contribution in [3.63, 3.8) is 0 Å². The largest absolute Gasteiger partial charge is 0.318 e. The van der Waals surface area contributed by atoms with Crippen LogP contribution in [0, 0.1) is 0 Å². The summed E-state index contributed by atoms with van der Waals surface area (Å²) in [5.74, 6) is 0. The maximum Gasteiger partial charge on any atom is 0.0385 e. The summed E-state index contributed by atoms with van der Waals surface area (Å²) in [4.78, 5) is 4.79. The van der Waals surface area contributed by atoms with E-state index in [0.717, 1.165) is 19.6 Å². The van der Waals surface area contributed by atoms with Gasteiger partial charge in [-0.25, -0.2) is 0 Å². The van der Waals surface area contributed by atoms with Gasteiger partial charge in [0.25, 0.3) is 0 Å². The maximum absolute atomic E-state index is 7.98. The topological polar surface area (TPSA) is 64.0 Å². The van der Waals surface area contributed by atoms with Crippen LogP contribution in [-0.4, -0.2) is 45.2 Å². The highest BCUT2D eigenvalue weighted by Crippen LogP contribution is 1.81. The van der Waals surface area contributed by atoms with Crippen LogP contribution < -0.4 is 5.32 Å². The molecule has 0 spiro atoms. The Hall–Kier alpha value is -0.770. The van der Waals surface area contributed by atoms with Crippen LogP contribution in [0.5, 0.6) is 0 Å². The van der Waals surface area contributed by atoms with E-state index in [1.807, 2.05) is 14.1 Å². The predicted octanol–water partition coefficient (Wildman–Crippen LogP) is 0.448. The Morgan fingerprint density at radius 1 is 1.55 bits per heavy atom. The molecule has 11 heavy (non-hydrogen) atoms. The van der Waals surface area contributed by atoms with Gasteiger partial charge in [-0.1, -0.05) is 5.11 Å². The summed E-state index contributed by atoms with van der Waals surface area (Å²) in [7, 11) is 3.92. The lowest BCUT2D eigenvalue weighted by Gasteiger charge is -2.13. The second-order valence-electron chi connectivity index (χ2n) is 2.36. The molecule has 0 saturated carbocycles. The minimum absolute atomic E-state index is 0.552. The molecule has 0 amide bonds. The lowest BCUT2D eigenvalue weighted by Crippen LogP contribution is -2.29. The number of azide groups is 1. The molecule has 0 saturated heterocycles. The van der Waals surface area contributed by atoms with Crippen molar-refractivity contribution in [1.82, 2.24) is 10.2 Å². The summed E-state index contributed by atoms with van der Waals surface area (Å²) in [6, 6.07) is 0. The van der Waals surface area contributed by atoms with Crippen molar-refractivity contribution in [2.24, 2.45) is 5.11 Å². The van der Waals surface area contributed by atoms with E-state index in [-0.39, 0.29) is 0 Å². The first kappa shape index (κ1) is 10.2. The van der Waals surface area contributed by atoms with Crippen LogP contribution in [-0.2, 0) is 0 Å². The Bertz CT molecular complexity index is 129. The first-order valence-electron chi connectivity index (χ1n) is 3.65. The number of hydrogen-bond acceptors (Lipinski definition) is 3. The van der Waals surface area contributed by atoms with Gasteiger partial charge in [0, 0.05) is 31.1 Å². The zero-order valence-corrected chi connectivity index (χ0v) is 7.12. The molecule has 0 rings (SSSR count). The fourth-order valence-electron chi connectivity index (χ4n) is 0.675. The van der Waals surface area contributed by atoms with Gasteiger partial charge in [0.15, 0.2) is 0 Å². The Morgan fingerprint density at radius 2 is 2.27 bits per heavy atom. The Morgan fingerprint density at radius 3 is 2.82 bits per heavy atom. The third-order valence-corrected chi connectivity index (χ3v) is 1.39. The minimum Gasteiger partial charge on any atom is -0.318 e. The number of nitrogens with one attached hydrogen (secondary N) is 1. The van der Waals surface area contributed by atoms with Crippen LogP contribution >= 0.6 is 0 Å². The van der Waals surface area contributed by atoms with Gasteiger partial charge in [0.1, 0.15) is 0 Å². The van der Waals surface area contributed by atoms with Crippen molar-refractivity contribution in [3.05, 3.63) is 10.4 Å². The van der Waals surface area contributed by atoms with Crippen LogP contribution in [0.1, 0.15) is 0 Å². The highest BCUT2D eigenvalue weighted by molar-refractivity contribution is 4.55. The summed E-state index contributed by atoms with van der Waals surface area (Å²) < 4.78 is 0. The average Bonchev–Trinajstić information content (AvgIpc) is 2.01. The monoisotopic (exact) mass is 157 g/mol. The second kappa shape index (κ2) is 7.34. The number of rotatable bonds is 6. The predicted molar refractivity (Wildman–Crippen MR) is 45.4 cm³/mol. The average molecular weight is 157 g/mol. The molecular weight excluding hydrogens is 142 g/mol. The Kier molecular flexibility index (Phi) is 6.82. The summed E-state index contributed by atoms with van der Waals surface area (Å²) in [5.41, 5.74) is 7.98. The summed E-state index contributed by atoms with van der Waals surface area (Å²) in [6.07, 6.45) is 0. The van der Waals surface area contributed by atoms with Gasteiger partial charge in [0.05, 0.1) is 0 Å². The quantitative estimate of drug-likeness (QED) is 0.345. The molecule has 0 fully saturated rings. The standard InChI is InChI=1S/C6H15N5/c1-8-3-5-11(2)6-4-9-10-7/h8H,3-6H2,1-2H3. The van der Waals surface area contributed by atoms with Crippen molar-refractivity contribution in [2.45, 2.75) is 0 Å². The number of likely N-dealkylation sites (N-methyl/N-ethyl adjacent to an activating group) is 2. The highest BCUT2D eigenvalue weighted by Gasteiger charge is 1.93. The van der Waals surface area contributed by atoms with Crippen LogP contribution in [0.4, 0.5) is 0 Å². The van der Waals surface area contributed by atoms with E-state index >= 15 is 0 Å². The minimum atomic E-state index is 0.552. The van der Waals surface area contributed by atoms with E-state index in [1.54, 1.807) is 0 Å². The molecule has 5 heteroatoms. The summed E-state index contributed by atoms with van der Waals surface area (Å²) in [5, 5.41) is 6.48. The molecule has 0 aliphatic rings. The lowest BCUT2D eigenvalue weighted by atomic mass is 10.5. The van der Waals surface area contributed by atoms with Crippen molar-refractivity contribution in [2.75, 3.05) is 40.3 Å². The molecule has 0 radical (unpaired) electrons. The van der Waals surface area contributed by atoms with Gasteiger partial charge in [-0.05, 0) is 19.6 Å². The van der Waals surface area contributed by atoms with Crippen molar-refractivity contribution in [3.8, 4) is 0 Å². The molecule has 1 N–H and O–H groups in total. The van der Waals surface area contributed by atoms with Gasteiger partial charge in [-0.3, -0.25) is 0 Å². The normalized spacial score (nSPS) is 9.73. The molecule has 64 valence electrons. The highest BCUT2D eigenvalue weighted by atomic mass is 15.2. The third kappa shape index (κ3) is 7.12. The van der Waals surface area contributed by atoms with E-state index < -0.39 is 0 Å². The zero-order chi connectivity index (χ0) is 8.53. The van der Waals surface area contributed by atoms with Crippen LogP contribution in [0.2, 0.25) is 0 Å². The molecule has 0 bridgehead atoms. The van der Waals surface area contributed by atoms with E-state index in [9.17, 15) is 0 Å². The SMILES string of the molecule is CNCCN(C)CCN=[N+]=[N-]. The molecule has 0 heterocycles. The van der Waals surface area contributed by atoms with Crippen molar-refractivity contribution in [1.29, 1.82) is 0 Å². The lowest BCUT2D eigenvalue weighted by molar-refractivity contribution is 0.344. The maximum atomic E-state index is 7.98. The number of hydrogen-bond donors (Lipinski definition) is 1. The van der Waals surface area contributed by atoms with Crippen LogP contribution in [0.3, 0.4) is 0 Å². The second-order valence-corrected chi connectivity index (χ2v) is 2.36. The zero-order valence-electron chi connectivity index (χ0n) is 7.12.